The lowest BCUT2D eigenvalue weighted by Gasteiger charge is -2.07. The Bertz CT molecular complexity index is 735. The summed E-state index contributed by atoms with van der Waals surface area (Å²) in [5.74, 6) is -0.371. The highest BCUT2D eigenvalue weighted by atomic mass is 16.6. The molecule has 0 unspecified atom stereocenters. The van der Waals surface area contributed by atoms with Gasteiger partial charge in [-0.2, -0.15) is 0 Å². The molecule has 0 N–H and O–H groups in total. The summed E-state index contributed by atoms with van der Waals surface area (Å²) < 4.78 is 6.81. The van der Waals surface area contributed by atoms with Crippen LogP contribution in [0.4, 0.5) is 5.69 Å². The summed E-state index contributed by atoms with van der Waals surface area (Å²) in [6.45, 7) is 2.95. The maximum absolute atomic E-state index is 12.1. The molecule has 0 radical (unpaired) electrons. The first-order valence-electron chi connectivity index (χ1n) is 9.10. The molecule has 0 amide bonds. The van der Waals surface area contributed by atoms with Gasteiger partial charge in [0.15, 0.2) is 0 Å². The monoisotopic (exact) mass is 358 g/mol. The minimum atomic E-state index is -0.423. The number of rotatable bonds is 10. The number of hydrogen-bond donors (Lipinski definition) is 0. The van der Waals surface area contributed by atoms with E-state index in [2.05, 4.69) is 6.92 Å². The van der Waals surface area contributed by atoms with Crippen molar-refractivity contribution in [2.75, 3.05) is 7.11 Å². The molecule has 0 aliphatic heterocycles. The smallest absolute Gasteiger partial charge is 0.354 e. The summed E-state index contributed by atoms with van der Waals surface area (Å²) in [6, 6.07) is 8.12. The first kappa shape index (κ1) is 19.7. The molecule has 0 spiro atoms. The third kappa shape index (κ3) is 5.18. The average Bonchev–Trinajstić information content (AvgIpc) is 3.08. The zero-order valence-corrected chi connectivity index (χ0v) is 15.4. The van der Waals surface area contributed by atoms with Gasteiger partial charge in [-0.25, -0.2) is 4.79 Å². The van der Waals surface area contributed by atoms with Gasteiger partial charge in [-0.1, -0.05) is 39.0 Å². The molecule has 0 aliphatic carbocycles. The number of benzene rings is 1. The van der Waals surface area contributed by atoms with E-state index < -0.39 is 4.92 Å². The Morgan fingerprint density at radius 1 is 1.08 bits per heavy atom. The second-order valence-electron chi connectivity index (χ2n) is 6.37. The normalized spacial score (nSPS) is 10.7. The Hall–Kier alpha value is -2.63. The van der Waals surface area contributed by atoms with Gasteiger partial charge in [0.2, 0.25) is 0 Å². The molecule has 0 saturated carbocycles. The van der Waals surface area contributed by atoms with Crippen LogP contribution in [0.15, 0.2) is 36.5 Å². The fraction of sp³-hybridized carbons (Fsp3) is 0.450. The zero-order valence-electron chi connectivity index (χ0n) is 15.4. The molecule has 2 rings (SSSR count). The van der Waals surface area contributed by atoms with E-state index in [1.807, 2.05) is 10.8 Å². The molecule has 6 heteroatoms. The Morgan fingerprint density at radius 2 is 1.73 bits per heavy atom. The quantitative estimate of drug-likeness (QED) is 0.253. The number of aryl methyl sites for hydroxylation is 1. The topological polar surface area (TPSA) is 74.4 Å². The van der Waals surface area contributed by atoms with Gasteiger partial charge in [0, 0.05) is 30.4 Å². The van der Waals surface area contributed by atoms with Crippen LogP contribution in [0.5, 0.6) is 0 Å². The van der Waals surface area contributed by atoms with Crippen molar-refractivity contribution in [2.24, 2.45) is 0 Å². The Balaban J connectivity index is 2.12. The first-order valence-corrected chi connectivity index (χ1v) is 9.10. The van der Waals surface area contributed by atoms with Gasteiger partial charge in [-0.3, -0.25) is 10.1 Å². The molecule has 140 valence electrons. The van der Waals surface area contributed by atoms with Gasteiger partial charge in [0.05, 0.1) is 12.0 Å². The van der Waals surface area contributed by atoms with Crippen LogP contribution in [-0.4, -0.2) is 22.6 Å². The number of non-ortho nitro benzene ring substituents is 1. The fourth-order valence-electron chi connectivity index (χ4n) is 2.97. The molecule has 1 heterocycles. The molecule has 1 aromatic carbocycles. The molecule has 0 aliphatic rings. The fourth-order valence-corrected chi connectivity index (χ4v) is 2.97. The lowest BCUT2D eigenvalue weighted by Crippen LogP contribution is -2.10. The van der Waals surface area contributed by atoms with Crippen LogP contribution in [0, 0.1) is 10.1 Å². The predicted octanol–water partition coefficient (Wildman–Crippen LogP) is 5.21. The Labute approximate surface area is 153 Å². The molecule has 6 nitrogen and oxygen atoms in total. The van der Waals surface area contributed by atoms with Crippen LogP contribution in [0.2, 0.25) is 0 Å². The Morgan fingerprint density at radius 3 is 2.35 bits per heavy atom. The van der Waals surface area contributed by atoms with E-state index in [0.717, 1.165) is 30.5 Å². The van der Waals surface area contributed by atoms with Crippen LogP contribution in [0.25, 0.3) is 11.1 Å². The van der Waals surface area contributed by atoms with E-state index in [9.17, 15) is 14.9 Å². The van der Waals surface area contributed by atoms with E-state index in [4.69, 9.17) is 4.74 Å². The highest BCUT2D eigenvalue weighted by Gasteiger charge is 2.15. The molecule has 0 fully saturated rings. The predicted molar refractivity (Wildman–Crippen MR) is 101 cm³/mol. The summed E-state index contributed by atoms with van der Waals surface area (Å²) in [4.78, 5) is 22.4. The van der Waals surface area contributed by atoms with Crippen molar-refractivity contribution in [2.45, 2.75) is 52.0 Å². The number of nitrogens with zero attached hydrogens (tertiary/aromatic N) is 2. The summed E-state index contributed by atoms with van der Waals surface area (Å²) in [5.41, 5.74) is 2.25. The van der Waals surface area contributed by atoms with Crippen LogP contribution in [-0.2, 0) is 11.3 Å². The maximum Gasteiger partial charge on any atom is 0.354 e. The van der Waals surface area contributed by atoms with Crippen molar-refractivity contribution in [3.63, 3.8) is 0 Å². The van der Waals surface area contributed by atoms with E-state index >= 15 is 0 Å². The van der Waals surface area contributed by atoms with Gasteiger partial charge in [0.25, 0.3) is 5.69 Å². The van der Waals surface area contributed by atoms with Crippen molar-refractivity contribution >= 4 is 11.7 Å². The molecule has 0 saturated heterocycles. The van der Waals surface area contributed by atoms with Crippen LogP contribution in [0.3, 0.4) is 0 Å². The van der Waals surface area contributed by atoms with Gasteiger partial charge in [-0.05, 0) is 30.2 Å². The number of unbranched alkanes of at least 4 members (excludes halogenated alkanes) is 5. The van der Waals surface area contributed by atoms with E-state index in [-0.39, 0.29) is 11.7 Å². The standard InChI is InChI=1S/C20H26N2O4/c1-3-4-5-6-7-8-13-21-15-17(14-19(21)20(23)26-2)16-9-11-18(12-10-16)22(24)25/h9-12,14-15H,3-8,13H2,1-2H3. The van der Waals surface area contributed by atoms with E-state index in [1.165, 1.54) is 44.9 Å². The SMILES string of the molecule is CCCCCCCCn1cc(-c2ccc([N+](=O)[O-])cc2)cc1C(=O)OC. The van der Waals surface area contributed by atoms with Crippen molar-refractivity contribution < 1.29 is 14.5 Å². The number of carbonyl (C=O) groups excluding carboxylic acids is 1. The van der Waals surface area contributed by atoms with Gasteiger partial charge < -0.3 is 9.30 Å². The second-order valence-corrected chi connectivity index (χ2v) is 6.37. The number of nitro groups is 1. The van der Waals surface area contributed by atoms with Crippen molar-refractivity contribution in [1.82, 2.24) is 4.57 Å². The van der Waals surface area contributed by atoms with Gasteiger partial charge in [0.1, 0.15) is 5.69 Å². The number of hydrogen-bond acceptors (Lipinski definition) is 4. The number of carbonyl (C=O) groups is 1. The minimum absolute atomic E-state index is 0.0495. The number of esters is 1. The van der Waals surface area contributed by atoms with Crippen molar-refractivity contribution in [3.05, 3.63) is 52.3 Å². The van der Waals surface area contributed by atoms with Crippen LogP contribution in [0.1, 0.15) is 55.9 Å². The van der Waals surface area contributed by atoms with Gasteiger partial charge >= 0.3 is 5.97 Å². The number of methoxy groups -OCH3 is 1. The van der Waals surface area contributed by atoms with Crippen molar-refractivity contribution in [3.8, 4) is 11.1 Å². The average molecular weight is 358 g/mol. The van der Waals surface area contributed by atoms with E-state index in [0.29, 0.717) is 5.69 Å². The van der Waals surface area contributed by atoms with Gasteiger partial charge in [-0.15, -0.1) is 0 Å². The largest absolute Gasteiger partial charge is 0.464 e. The van der Waals surface area contributed by atoms with E-state index in [1.54, 1.807) is 18.2 Å². The number of ether oxygens (including phenoxy) is 1. The molecular formula is C20H26N2O4. The summed E-state index contributed by atoms with van der Waals surface area (Å²) in [7, 11) is 1.37. The molecule has 2 aromatic rings. The third-order valence-corrected chi connectivity index (χ3v) is 4.46. The second kappa shape index (κ2) is 9.75. The minimum Gasteiger partial charge on any atom is -0.464 e. The van der Waals surface area contributed by atoms with Crippen molar-refractivity contribution in [1.29, 1.82) is 0 Å². The zero-order chi connectivity index (χ0) is 18.9. The molecule has 0 bridgehead atoms. The first-order chi connectivity index (χ1) is 12.6. The van der Waals surface area contributed by atoms with Crippen LogP contribution >= 0.6 is 0 Å². The summed E-state index contributed by atoms with van der Waals surface area (Å²) in [6.07, 6.45) is 9.00. The summed E-state index contributed by atoms with van der Waals surface area (Å²) >= 11 is 0. The Kier molecular flexibility index (Phi) is 7.38. The third-order valence-electron chi connectivity index (χ3n) is 4.46. The lowest BCUT2D eigenvalue weighted by atomic mass is 10.1. The molecule has 0 atom stereocenters. The molecular weight excluding hydrogens is 332 g/mol. The maximum atomic E-state index is 12.1. The number of nitro benzene ring substituents is 1. The molecule has 26 heavy (non-hydrogen) atoms. The van der Waals surface area contributed by atoms with Crippen LogP contribution < -0.4 is 0 Å². The summed E-state index contributed by atoms with van der Waals surface area (Å²) in [5, 5.41) is 10.8. The molecule has 1 aromatic heterocycles. The lowest BCUT2D eigenvalue weighted by molar-refractivity contribution is -0.384. The number of aromatic nitrogens is 1. The highest BCUT2D eigenvalue weighted by Crippen LogP contribution is 2.25. The highest BCUT2D eigenvalue weighted by molar-refractivity contribution is 5.89.